The van der Waals surface area contributed by atoms with E-state index in [1.165, 1.54) is 3.57 Å². The molecule has 5 heteroatoms. The van der Waals surface area contributed by atoms with E-state index in [-0.39, 0.29) is 0 Å². The van der Waals surface area contributed by atoms with E-state index in [0.717, 1.165) is 26.6 Å². The highest BCUT2D eigenvalue weighted by molar-refractivity contribution is 5.41. The van der Waals surface area contributed by atoms with E-state index in [2.05, 4.69) is 12.1 Å². The lowest BCUT2D eigenvalue weighted by molar-refractivity contribution is -0.598. The molecule has 0 atom stereocenters. The zero-order valence-corrected chi connectivity index (χ0v) is 14.6. The largest absolute Gasteiger partial charge is 0.497 e. The van der Waals surface area contributed by atoms with Crippen molar-refractivity contribution in [2.24, 2.45) is 0 Å². The summed E-state index contributed by atoms with van der Waals surface area (Å²) in [6.07, 6.45) is 0. The van der Waals surface area contributed by atoms with E-state index < -0.39 is 21.2 Å². The number of halogens is 1. The maximum atomic E-state index is 5.50. The number of hydrogen-bond acceptors (Lipinski definition) is 4. The molecule has 112 valence electrons. The molecular weight excluding hydrogens is 383 g/mol. The molecule has 21 heavy (non-hydrogen) atoms. The summed E-state index contributed by atoms with van der Waals surface area (Å²) >= 11 is -0.454. The van der Waals surface area contributed by atoms with Gasteiger partial charge in [-0.25, -0.2) is 0 Å². The van der Waals surface area contributed by atoms with Crippen LogP contribution in [0.2, 0.25) is 0 Å². The third-order valence-corrected chi connectivity index (χ3v) is 5.79. The van der Waals surface area contributed by atoms with Crippen molar-refractivity contribution < 1.29 is 40.2 Å². The van der Waals surface area contributed by atoms with Crippen LogP contribution < -0.4 is 40.2 Å². The Morgan fingerprint density at radius 3 is 1.86 bits per heavy atom. The Hall–Kier alpha value is -1.63. The van der Waals surface area contributed by atoms with E-state index in [0.29, 0.717) is 0 Å². The van der Waals surface area contributed by atoms with Crippen LogP contribution in [0, 0.1) is 7.14 Å². The first-order valence-corrected chi connectivity index (χ1v) is 8.46. The molecule has 0 aromatic heterocycles. The van der Waals surface area contributed by atoms with Crippen molar-refractivity contribution in [3.05, 3.63) is 43.5 Å². The third-order valence-electron chi connectivity index (χ3n) is 2.89. The van der Waals surface area contributed by atoms with Crippen molar-refractivity contribution in [3.8, 4) is 23.0 Å². The minimum atomic E-state index is -0.454. The summed E-state index contributed by atoms with van der Waals surface area (Å²) in [5.74, 6) is 3.17. The van der Waals surface area contributed by atoms with Gasteiger partial charge in [0.15, 0.2) is 15.1 Å². The third kappa shape index (κ3) is 3.72. The van der Waals surface area contributed by atoms with Gasteiger partial charge < -0.3 is 18.9 Å². The smallest absolute Gasteiger partial charge is 0.366 e. The van der Waals surface area contributed by atoms with Crippen molar-refractivity contribution in [3.63, 3.8) is 0 Å². The molecular formula is C16H18IO4+. The molecule has 0 amide bonds. The van der Waals surface area contributed by atoms with Crippen LogP contribution in [0.4, 0.5) is 0 Å². The summed E-state index contributed by atoms with van der Waals surface area (Å²) in [5, 5.41) is 0. The molecule has 0 N–H and O–H groups in total. The Balaban J connectivity index is 2.41. The Labute approximate surface area is 135 Å². The molecule has 2 rings (SSSR count). The van der Waals surface area contributed by atoms with Crippen LogP contribution in [0.3, 0.4) is 0 Å². The molecule has 0 spiro atoms. The standard InChI is InChI=1S/C16H18IO4/c1-18-12-7-5-6-11(8-12)17-16-14(20-3)9-13(19-2)10-15(16)21-4/h5-10H,1-4H3/q+1. The minimum absolute atomic E-state index is 0.454. The van der Waals surface area contributed by atoms with Crippen LogP contribution >= 0.6 is 0 Å². The molecule has 0 heterocycles. The van der Waals surface area contributed by atoms with Crippen molar-refractivity contribution in [1.82, 2.24) is 0 Å². The summed E-state index contributed by atoms with van der Waals surface area (Å²) in [6.45, 7) is 0. The van der Waals surface area contributed by atoms with Crippen molar-refractivity contribution in [1.29, 1.82) is 0 Å². The highest BCUT2D eigenvalue weighted by Crippen LogP contribution is 2.27. The molecule has 2 aromatic rings. The maximum absolute atomic E-state index is 5.50. The monoisotopic (exact) mass is 401 g/mol. The Kier molecular flexibility index (Phi) is 5.55. The van der Waals surface area contributed by atoms with Crippen LogP contribution in [0.5, 0.6) is 23.0 Å². The molecule has 0 aliphatic heterocycles. The number of rotatable bonds is 6. The first kappa shape index (κ1) is 15.8. The summed E-state index contributed by atoms with van der Waals surface area (Å²) < 4.78 is 23.9. The quantitative estimate of drug-likeness (QED) is 0.632. The lowest BCUT2D eigenvalue weighted by atomic mass is 10.3. The molecule has 0 fully saturated rings. The van der Waals surface area contributed by atoms with Crippen LogP contribution in [0.1, 0.15) is 0 Å². The number of hydrogen-bond donors (Lipinski definition) is 0. The van der Waals surface area contributed by atoms with Gasteiger partial charge in [0, 0.05) is 18.2 Å². The van der Waals surface area contributed by atoms with Gasteiger partial charge in [-0.3, -0.25) is 0 Å². The summed E-state index contributed by atoms with van der Waals surface area (Å²) in [4.78, 5) is 0. The average Bonchev–Trinajstić information content (AvgIpc) is 2.55. The zero-order chi connectivity index (χ0) is 15.2. The molecule has 0 saturated carbocycles. The minimum Gasteiger partial charge on any atom is -0.497 e. The van der Waals surface area contributed by atoms with E-state index in [9.17, 15) is 0 Å². The molecule has 0 saturated heterocycles. The van der Waals surface area contributed by atoms with E-state index in [1.54, 1.807) is 28.4 Å². The number of ether oxygens (including phenoxy) is 4. The highest BCUT2D eigenvalue weighted by atomic mass is 127. The van der Waals surface area contributed by atoms with Crippen LogP contribution in [0.25, 0.3) is 0 Å². The molecule has 0 aliphatic carbocycles. The average molecular weight is 401 g/mol. The van der Waals surface area contributed by atoms with E-state index >= 15 is 0 Å². The first-order chi connectivity index (χ1) is 10.2. The fourth-order valence-electron chi connectivity index (χ4n) is 1.82. The van der Waals surface area contributed by atoms with Gasteiger partial charge in [-0.2, -0.15) is 0 Å². The molecule has 0 aliphatic rings. The van der Waals surface area contributed by atoms with Crippen molar-refractivity contribution >= 4 is 0 Å². The predicted molar refractivity (Wildman–Crippen MR) is 76.5 cm³/mol. The topological polar surface area (TPSA) is 36.9 Å². The van der Waals surface area contributed by atoms with Gasteiger partial charge in [0.2, 0.25) is 0 Å². The van der Waals surface area contributed by atoms with Gasteiger partial charge in [-0.1, -0.05) is 6.07 Å². The van der Waals surface area contributed by atoms with Gasteiger partial charge >= 0.3 is 21.2 Å². The van der Waals surface area contributed by atoms with Crippen molar-refractivity contribution in [2.45, 2.75) is 0 Å². The molecule has 0 bridgehead atoms. The second-order valence-corrected chi connectivity index (χ2v) is 6.97. The van der Waals surface area contributed by atoms with Gasteiger partial charge in [-0.05, 0) is 12.1 Å². The first-order valence-electron chi connectivity index (χ1n) is 6.30. The fourth-order valence-corrected chi connectivity index (χ4v) is 4.57. The summed E-state index contributed by atoms with van der Waals surface area (Å²) in [5.41, 5.74) is 0. The molecule has 2 aromatic carbocycles. The highest BCUT2D eigenvalue weighted by Gasteiger charge is 2.28. The fraction of sp³-hybridized carbons (Fsp3) is 0.250. The number of methoxy groups -OCH3 is 4. The van der Waals surface area contributed by atoms with Gasteiger partial charge in [-0.15, -0.1) is 0 Å². The molecule has 0 unspecified atom stereocenters. The van der Waals surface area contributed by atoms with Crippen LogP contribution in [-0.2, 0) is 0 Å². The van der Waals surface area contributed by atoms with E-state index in [1.807, 2.05) is 24.3 Å². The van der Waals surface area contributed by atoms with Crippen LogP contribution in [-0.4, -0.2) is 28.4 Å². The Morgan fingerprint density at radius 1 is 0.714 bits per heavy atom. The number of benzene rings is 2. The molecule has 4 nitrogen and oxygen atoms in total. The van der Waals surface area contributed by atoms with E-state index in [4.69, 9.17) is 18.9 Å². The second-order valence-electron chi connectivity index (χ2n) is 4.10. The Morgan fingerprint density at radius 2 is 1.33 bits per heavy atom. The Bertz CT molecular complexity index is 588. The van der Waals surface area contributed by atoms with Gasteiger partial charge in [0.25, 0.3) is 3.57 Å². The predicted octanol–water partition coefficient (Wildman–Crippen LogP) is -0.151. The SMILES string of the molecule is COc1cccc([I+]c2c(OC)cc(OC)cc2OC)c1. The molecule has 0 radical (unpaired) electrons. The summed E-state index contributed by atoms with van der Waals surface area (Å²) in [7, 11) is 6.62. The van der Waals surface area contributed by atoms with Gasteiger partial charge in [0.1, 0.15) is 11.5 Å². The summed E-state index contributed by atoms with van der Waals surface area (Å²) in [6, 6.07) is 11.9. The lowest BCUT2D eigenvalue weighted by Crippen LogP contribution is -3.61. The van der Waals surface area contributed by atoms with Crippen molar-refractivity contribution in [2.75, 3.05) is 28.4 Å². The lowest BCUT2D eigenvalue weighted by Gasteiger charge is -2.08. The normalized spacial score (nSPS) is 10.1. The zero-order valence-electron chi connectivity index (χ0n) is 12.5. The van der Waals surface area contributed by atoms with Crippen LogP contribution in [0.15, 0.2) is 36.4 Å². The second kappa shape index (κ2) is 7.40. The van der Waals surface area contributed by atoms with Gasteiger partial charge in [0.05, 0.1) is 28.4 Å². The maximum Gasteiger partial charge on any atom is 0.366 e.